The van der Waals surface area contributed by atoms with Gasteiger partial charge >= 0.3 is 6.03 Å². The van der Waals surface area contributed by atoms with E-state index in [0.717, 1.165) is 21.7 Å². The Labute approximate surface area is 189 Å². The minimum Gasteiger partial charge on any atom is -0.467 e. The van der Waals surface area contributed by atoms with Gasteiger partial charge in [0.1, 0.15) is 24.1 Å². The Hall–Kier alpha value is -4.14. The second kappa shape index (κ2) is 7.77. The van der Waals surface area contributed by atoms with Crippen LogP contribution in [0.25, 0.3) is 0 Å². The van der Waals surface area contributed by atoms with Crippen molar-refractivity contribution in [2.75, 3.05) is 6.54 Å². The largest absolute Gasteiger partial charge is 0.467 e. The van der Waals surface area contributed by atoms with Crippen LogP contribution in [0, 0.1) is 6.92 Å². The Morgan fingerprint density at radius 2 is 1.85 bits per heavy atom. The molecule has 9 heteroatoms. The third-order valence-corrected chi connectivity index (χ3v) is 6.00. The highest BCUT2D eigenvalue weighted by Crippen LogP contribution is 2.34. The molecule has 4 heterocycles. The number of benzene rings is 1. The summed E-state index contributed by atoms with van der Waals surface area (Å²) in [4.78, 5) is 39.9. The van der Waals surface area contributed by atoms with E-state index < -0.39 is 36.0 Å². The number of urea groups is 1. The van der Waals surface area contributed by atoms with Crippen molar-refractivity contribution in [2.24, 2.45) is 5.10 Å². The first-order valence-corrected chi connectivity index (χ1v) is 10.5. The zero-order valence-corrected chi connectivity index (χ0v) is 18.1. The Morgan fingerprint density at radius 1 is 1.12 bits per heavy atom. The van der Waals surface area contributed by atoms with Crippen LogP contribution in [-0.4, -0.2) is 40.0 Å². The number of aryl methyl sites for hydroxylation is 1. The number of carbonyl (C=O) groups excluding carboxylic acids is 3. The number of nitrogens with one attached hydrogen (secondary N) is 1. The van der Waals surface area contributed by atoms with Crippen molar-refractivity contribution in [3.63, 3.8) is 0 Å². The maximum Gasteiger partial charge on any atom is 0.325 e. The van der Waals surface area contributed by atoms with Crippen LogP contribution >= 0.6 is 0 Å². The summed E-state index contributed by atoms with van der Waals surface area (Å²) in [5.41, 5.74) is 1.36. The average molecular weight is 446 g/mol. The van der Waals surface area contributed by atoms with Gasteiger partial charge < -0.3 is 14.2 Å². The minimum absolute atomic E-state index is 0.296. The Balaban J connectivity index is 1.41. The third kappa shape index (κ3) is 3.51. The smallest absolute Gasteiger partial charge is 0.325 e. The summed E-state index contributed by atoms with van der Waals surface area (Å²) < 4.78 is 10.9. The first-order chi connectivity index (χ1) is 15.9. The van der Waals surface area contributed by atoms with Crippen LogP contribution in [0.5, 0.6) is 0 Å². The molecule has 0 radical (unpaired) electrons. The van der Waals surface area contributed by atoms with Gasteiger partial charge in [0, 0.05) is 6.42 Å². The highest BCUT2D eigenvalue weighted by molar-refractivity contribution is 6.09. The zero-order valence-electron chi connectivity index (χ0n) is 18.1. The fourth-order valence-electron chi connectivity index (χ4n) is 4.14. The van der Waals surface area contributed by atoms with Gasteiger partial charge in [0.15, 0.2) is 5.54 Å². The molecule has 5 rings (SSSR count). The highest BCUT2D eigenvalue weighted by Gasteiger charge is 2.52. The first kappa shape index (κ1) is 20.7. The molecule has 2 atom stereocenters. The molecule has 9 nitrogen and oxygen atoms in total. The van der Waals surface area contributed by atoms with Crippen LogP contribution in [0.1, 0.15) is 42.0 Å². The number of imide groups is 1. The molecule has 4 amide bonds. The van der Waals surface area contributed by atoms with Gasteiger partial charge in [-0.25, -0.2) is 9.80 Å². The molecule has 1 fully saturated rings. The molecule has 2 aliphatic rings. The molecule has 0 saturated carbocycles. The van der Waals surface area contributed by atoms with Crippen molar-refractivity contribution in [3.05, 3.63) is 83.7 Å². The minimum atomic E-state index is -1.37. The summed E-state index contributed by atoms with van der Waals surface area (Å²) in [7, 11) is 0. The maximum absolute atomic E-state index is 13.3. The number of rotatable bonds is 5. The molecule has 1 N–H and O–H groups in total. The normalized spacial score (nSPS) is 22.6. The van der Waals surface area contributed by atoms with Crippen molar-refractivity contribution >= 4 is 23.6 Å². The second-order valence-corrected chi connectivity index (χ2v) is 8.31. The van der Waals surface area contributed by atoms with Crippen molar-refractivity contribution in [2.45, 2.75) is 31.8 Å². The summed E-state index contributed by atoms with van der Waals surface area (Å²) in [5, 5.41) is 8.48. The molecule has 0 unspecified atom stereocenters. The van der Waals surface area contributed by atoms with Crippen LogP contribution in [-0.2, 0) is 15.1 Å². The quantitative estimate of drug-likeness (QED) is 0.605. The van der Waals surface area contributed by atoms with E-state index in [-0.39, 0.29) is 0 Å². The van der Waals surface area contributed by atoms with E-state index in [1.54, 1.807) is 31.2 Å². The molecule has 0 bridgehead atoms. The van der Waals surface area contributed by atoms with Crippen LogP contribution in [0.3, 0.4) is 0 Å². The van der Waals surface area contributed by atoms with Crippen molar-refractivity contribution in [1.29, 1.82) is 0 Å². The van der Waals surface area contributed by atoms with E-state index in [2.05, 4.69) is 10.4 Å². The van der Waals surface area contributed by atoms with E-state index in [1.807, 2.05) is 31.2 Å². The molecule has 33 heavy (non-hydrogen) atoms. The molecule has 0 aliphatic carbocycles. The first-order valence-electron chi connectivity index (χ1n) is 10.5. The molecule has 2 aromatic heterocycles. The molecular formula is C24H22N4O5. The molecule has 168 valence electrons. The van der Waals surface area contributed by atoms with Gasteiger partial charge in [0.2, 0.25) is 0 Å². The van der Waals surface area contributed by atoms with Crippen LogP contribution in [0.2, 0.25) is 0 Å². The van der Waals surface area contributed by atoms with Gasteiger partial charge in [0.25, 0.3) is 11.8 Å². The summed E-state index contributed by atoms with van der Waals surface area (Å²) in [6, 6.07) is 13.5. The van der Waals surface area contributed by atoms with Gasteiger partial charge in [-0.2, -0.15) is 5.10 Å². The average Bonchev–Trinajstić information content (AvgIpc) is 3.59. The van der Waals surface area contributed by atoms with Gasteiger partial charge in [-0.15, -0.1) is 0 Å². The lowest BCUT2D eigenvalue weighted by Gasteiger charge is -2.23. The van der Waals surface area contributed by atoms with Gasteiger partial charge in [-0.05, 0) is 43.7 Å². The molecule has 1 aromatic carbocycles. The van der Waals surface area contributed by atoms with E-state index in [9.17, 15) is 14.4 Å². The lowest BCUT2D eigenvalue weighted by atomic mass is 9.99. The number of carbonyl (C=O) groups is 3. The molecule has 3 aromatic rings. The SMILES string of the molecule is Cc1ccc(C2=NN(C(=O)CN3C(=O)N[C@](C)(c4ccco4)C3=O)[C@@H](c3ccco3)C2)cc1. The predicted molar refractivity (Wildman–Crippen MR) is 117 cm³/mol. The molecule has 2 aliphatic heterocycles. The van der Waals surface area contributed by atoms with Crippen molar-refractivity contribution < 1.29 is 23.2 Å². The number of nitrogens with zero attached hydrogens (tertiary/aromatic N) is 3. The van der Waals surface area contributed by atoms with Crippen LogP contribution in [0.4, 0.5) is 4.79 Å². The highest BCUT2D eigenvalue weighted by atomic mass is 16.3. The number of hydrogen-bond donors (Lipinski definition) is 1. The van der Waals surface area contributed by atoms with E-state index >= 15 is 0 Å². The van der Waals surface area contributed by atoms with Crippen LogP contribution < -0.4 is 5.32 Å². The van der Waals surface area contributed by atoms with Crippen molar-refractivity contribution in [3.8, 4) is 0 Å². The fraction of sp³-hybridized carbons (Fsp3) is 0.250. The number of furan rings is 2. The zero-order chi connectivity index (χ0) is 23.2. The third-order valence-electron chi connectivity index (χ3n) is 6.00. The summed E-state index contributed by atoms with van der Waals surface area (Å²) in [6.45, 7) is 3.09. The Bertz CT molecular complexity index is 1230. The van der Waals surface area contributed by atoms with Crippen LogP contribution in [0.15, 0.2) is 75.0 Å². The lowest BCUT2D eigenvalue weighted by Crippen LogP contribution is -2.43. The van der Waals surface area contributed by atoms with E-state index in [1.165, 1.54) is 17.5 Å². The van der Waals surface area contributed by atoms with Crippen molar-refractivity contribution in [1.82, 2.24) is 15.2 Å². The summed E-state index contributed by atoms with van der Waals surface area (Å²) in [5.74, 6) is -0.185. The Morgan fingerprint density at radius 3 is 2.52 bits per heavy atom. The maximum atomic E-state index is 13.3. The van der Waals surface area contributed by atoms with Gasteiger partial charge in [-0.3, -0.25) is 14.5 Å². The van der Waals surface area contributed by atoms with E-state index in [0.29, 0.717) is 17.9 Å². The standard InChI is InChI=1S/C24H22N4O5/c1-15-7-9-16(10-8-15)17-13-18(19-5-3-11-32-19)28(26-17)21(29)14-27-22(30)24(2,25-23(27)31)20-6-4-12-33-20/h3-12,18H,13-14H2,1-2H3,(H,25,31)/t18-,24-/m1/s1. The summed E-state index contributed by atoms with van der Waals surface area (Å²) in [6.07, 6.45) is 3.41. The van der Waals surface area contributed by atoms with Gasteiger partial charge in [0.05, 0.1) is 18.2 Å². The second-order valence-electron chi connectivity index (χ2n) is 8.31. The van der Waals surface area contributed by atoms with E-state index in [4.69, 9.17) is 8.83 Å². The summed E-state index contributed by atoms with van der Waals surface area (Å²) >= 11 is 0. The molecular weight excluding hydrogens is 424 g/mol. The molecule has 1 saturated heterocycles. The Kier molecular flexibility index (Phi) is 4.88. The molecule has 0 spiro atoms. The fourth-order valence-corrected chi connectivity index (χ4v) is 4.14. The lowest BCUT2D eigenvalue weighted by molar-refractivity contribution is -0.140. The predicted octanol–water partition coefficient (Wildman–Crippen LogP) is 3.33. The number of hydrazone groups is 1. The monoisotopic (exact) mass is 446 g/mol. The number of amides is 4. The number of hydrogen-bond acceptors (Lipinski definition) is 6. The van der Waals surface area contributed by atoms with Gasteiger partial charge in [-0.1, -0.05) is 29.8 Å². The topological polar surface area (TPSA) is 108 Å².